The van der Waals surface area contributed by atoms with Gasteiger partial charge in [-0.25, -0.2) is 4.39 Å². The molecular weight excluding hydrogens is 399 g/mol. The molecule has 0 spiro atoms. The van der Waals surface area contributed by atoms with Gasteiger partial charge in [0, 0.05) is 18.6 Å². The number of fused-ring (bicyclic) bond motifs is 1. The first-order chi connectivity index (χ1) is 13.9. The molecular formula is C21H22ClFN2O4. The second kappa shape index (κ2) is 9.13. The lowest BCUT2D eigenvalue weighted by Gasteiger charge is -2.22. The third-order valence-corrected chi connectivity index (χ3v) is 4.76. The largest absolute Gasteiger partial charge is 0.490 e. The number of anilines is 1. The van der Waals surface area contributed by atoms with E-state index in [2.05, 4.69) is 10.6 Å². The Kier molecular flexibility index (Phi) is 6.59. The first-order valence-corrected chi connectivity index (χ1v) is 9.70. The Balaban J connectivity index is 1.77. The van der Waals surface area contributed by atoms with Gasteiger partial charge in [-0.1, -0.05) is 37.6 Å². The van der Waals surface area contributed by atoms with Crippen LogP contribution in [0.5, 0.6) is 11.5 Å². The smallest absolute Gasteiger partial charge is 0.254 e. The van der Waals surface area contributed by atoms with Crippen LogP contribution < -0.4 is 20.1 Å². The molecule has 2 aromatic rings. The van der Waals surface area contributed by atoms with Crippen LogP contribution in [-0.4, -0.2) is 31.1 Å². The van der Waals surface area contributed by atoms with E-state index in [0.717, 1.165) is 6.42 Å². The standard InChI is InChI=1S/C21H22ClFN2O4/c1-12(2)19(25-20(26)13-6-3-4-7-15(13)23)21(27)24-16-11-18-17(10-14(16)22)28-8-5-9-29-18/h3-4,6-7,10-12,19H,5,8-9H2,1-2H3,(H,24,27)(H,25,26). The first-order valence-electron chi connectivity index (χ1n) is 9.32. The van der Waals surface area contributed by atoms with Crippen LogP contribution in [0.3, 0.4) is 0 Å². The van der Waals surface area contributed by atoms with Crippen LogP contribution in [0, 0.1) is 11.7 Å². The van der Waals surface area contributed by atoms with Gasteiger partial charge < -0.3 is 20.1 Å². The fraction of sp³-hybridized carbons (Fsp3) is 0.333. The minimum Gasteiger partial charge on any atom is -0.490 e. The van der Waals surface area contributed by atoms with Gasteiger partial charge in [0.25, 0.3) is 5.91 Å². The first kappa shape index (κ1) is 20.9. The monoisotopic (exact) mass is 420 g/mol. The summed E-state index contributed by atoms with van der Waals surface area (Å²) in [6.07, 6.45) is 0.742. The van der Waals surface area contributed by atoms with E-state index in [-0.39, 0.29) is 16.5 Å². The topological polar surface area (TPSA) is 76.7 Å². The zero-order chi connectivity index (χ0) is 21.0. The van der Waals surface area contributed by atoms with Crippen LogP contribution in [0.1, 0.15) is 30.6 Å². The van der Waals surface area contributed by atoms with Crippen molar-refractivity contribution in [1.29, 1.82) is 0 Å². The molecule has 2 N–H and O–H groups in total. The van der Waals surface area contributed by atoms with Crippen molar-refractivity contribution in [3.8, 4) is 11.5 Å². The predicted octanol–water partition coefficient (Wildman–Crippen LogP) is 4.03. The zero-order valence-electron chi connectivity index (χ0n) is 16.1. The van der Waals surface area contributed by atoms with Crippen LogP contribution in [0.2, 0.25) is 5.02 Å². The van der Waals surface area contributed by atoms with Gasteiger partial charge in [0.2, 0.25) is 5.91 Å². The zero-order valence-corrected chi connectivity index (χ0v) is 16.9. The van der Waals surface area contributed by atoms with Crippen molar-refractivity contribution < 1.29 is 23.5 Å². The molecule has 0 bridgehead atoms. The fourth-order valence-electron chi connectivity index (χ4n) is 2.89. The number of halogens is 2. The quantitative estimate of drug-likeness (QED) is 0.765. The summed E-state index contributed by atoms with van der Waals surface area (Å²) in [5, 5.41) is 5.60. The molecule has 0 aromatic heterocycles. The van der Waals surface area contributed by atoms with Crippen LogP contribution in [0.15, 0.2) is 36.4 Å². The van der Waals surface area contributed by atoms with Gasteiger partial charge in [-0.3, -0.25) is 9.59 Å². The SMILES string of the molecule is CC(C)C(NC(=O)c1ccccc1F)C(=O)Nc1cc2c(cc1Cl)OCCCO2. The van der Waals surface area contributed by atoms with E-state index in [1.54, 1.807) is 32.0 Å². The van der Waals surface area contributed by atoms with Crippen molar-refractivity contribution in [2.24, 2.45) is 5.92 Å². The van der Waals surface area contributed by atoms with Gasteiger partial charge in [0.15, 0.2) is 11.5 Å². The molecule has 3 rings (SSSR count). The van der Waals surface area contributed by atoms with E-state index in [1.807, 2.05) is 0 Å². The molecule has 154 valence electrons. The van der Waals surface area contributed by atoms with Crippen molar-refractivity contribution in [3.05, 3.63) is 52.8 Å². The van der Waals surface area contributed by atoms with Crippen molar-refractivity contribution in [1.82, 2.24) is 5.32 Å². The van der Waals surface area contributed by atoms with E-state index >= 15 is 0 Å². The van der Waals surface area contributed by atoms with Gasteiger partial charge in [-0.2, -0.15) is 0 Å². The Hall–Kier alpha value is -2.80. The Labute approximate surface area is 173 Å². The lowest BCUT2D eigenvalue weighted by molar-refractivity contribution is -0.118. The number of carbonyl (C=O) groups is 2. The molecule has 1 aliphatic rings. The van der Waals surface area contributed by atoms with Gasteiger partial charge in [-0.05, 0) is 18.1 Å². The summed E-state index contributed by atoms with van der Waals surface area (Å²) < 4.78 is 25.1. The summed E-state index contributed by atoms with van der Waals surface area (Å²) in [5.74, 6) is -1.04. The van der Waals surface area contributed by atoms with Crippen molar-refractivity contribution in [2.75, 3.05) is 18.5 Å². The number of hydrogen-bond donors (Lipinski definition) is 2. The highest BCUT2D eigenvalue weighted by Gasteiger charge is 2.27. The molecule has 1 aliphatic heterocycles. The summed E-state index contributed by atoms with van der Waals surface area (Å²) in [4.78, 5) is 25.3. The number of ether oxygens (including phenoxy) is 2. The highest BCUT2D eigenvalue weighted by atomic mass is 35.5. The van der Waals surface area contributed by atoms with Crippen molar-refractivity contribution >= 4 is 29.1 Å². The van der Waals surface area contributed by atoms with Crippen LogP contribution in [-0.2, 0) is 4.79 Å². The molecule has 0 aliphatic carbocycles. The Morgan fingerprint density at radius 2 is 1.76 bits per heavy atom. The summed E-state index contributed by atoms with van der Waals surface area (Å²) >= 11 is 6.28. The molecule has 2 amide bonds. The second-order valence-electron chi connectivity index (χ2n) is 6.99. The number of hydrogen-bond acceptors (Lipinski definition) is 4. The van der Waals surface area contributed by atoms with Gasteiger partial charge in [0.1, 0.15) is 11.9 Å². The maximum Gasteiger partial charge on any atom is 0.254 e. The molecule has 0 fully saturated rings. The minimum absolute atomic E-state index is 0.125. The summed E-state index contributed by atoms with van der Waals surface area (Å²) in [7, 11) is 0. The number of carbonyl (C=O) groups excluding carboxylic acids is 2. The maximum atomic E-state index is 13.9. The summed E-state index contributed by atoms with van der Waals surface area (Å²) in [6, 6.07) is 7.88. The van der Waals surface area contributed by atoms with Crippen LogP contribution >= 0.6 is 11.6 Å². The molecule has 29 heavy (non-hydrogen) atoms. The average Bonchev–Trinajstić information content (AvgIpc) is 2.91. The van der Waals surface area contributed by atoms with E-state index in [0.29, 0.717) is 30.4 Å². The van der Waals surface area contributed by atoms with E-state index in [1.165, 1.54) is 18.2 Å². The molecule has 6 nitrogen and oxygen atoms in total. The molecule has 0 saturated heterocycles. The normalized spacial score (nSPS) is 14.1. The Morgan fingerprint density at radius 3 is 2.41 bits per heavy atom. The van der Waals surface area contributed by atoms with Gasteiger partial charge in [0.05, 0.1) is 29.5 Å². The van der Waals surface area contributed by atoms with E-state index in [4.69, 9.17) is 21.1 Å². The highest BCUT2D eigenvalue weighted by molar-refractivity contribution is 6.34. The molecule has 1 unspecified atom stereocenters. The Bertz CT molecular complexity index is 920. The minimum atomic E-state index is -0.894. The molecule has 0 radical (unpaired) electrons. The van der Waals surface area contributed by atoms with Gasteiger partial charge >= 0.3 is 0 Å². The molecule has 1 atom stereocenters. The summed E-state index contributed by atoms with van der Waals surface area (Å²) in [5.41, 5.74) is 0.214. The second-order valence-corrected chi connectivity index (χ2v) is 7.40. The maximum absolute atomic E-state index is 13.9. The Morgan fingerprint density at radius 1 is 1.10 bits per heavy atom. The highest BCUT2D eigenvalue weighted by Crippen LogP contribution is 2.37. The lowest BCUT2D eigenvalue weighted by atomic mass is 10.0. The predicted molar refractivity (Wildman–Crippen MR) is 108 cm³/mol. The number of amides is 2. The third-order valence-electron chi connectivity index (χ3n) is 4.45. The van der Waals surface area contributed by atoms with Crippen molar-refractivity contribution in [2.45, 2.75) is 26.3 Å². The van der Waals surface area contributed by atoms with Gasteiger partial charge in [-0.15, -0.1) is 0 Å². The third kappa shape index (κ3) is 4.98. The van der Waals surface area contributed by atoms with Crippen LogP contribution in [0.25, 0.3) is 0 Å². The number of nitrogens with one attached hydrogen (secondary N) is 2. The van der Waals surface area contributed by atoms with E-state index < -0.39 is 23.7 Å². The molecule has 2 aromatic carbocycles. The molecule has 1 heterocycles. The summed E-state index contributed by atoms with van der Waals surface area (Å²) in [6.45, 7) is 4.57. The number of benzene rings is 2. The van der Waals surface area contributed by atoms with E-state index in [9.17, 15) is 14.0 Å². The molecule has 0 saturated carbocycles. The average molecular weight is 421 g/mol. The van der Waals surface area contributed by atoms with Crippen LogP contribution in [0.4, 0.5) is 10.1 Å². The molecule has 8 heteroatoms. The van der Waals surface area contributed by atoms with Crippen molar-refractivity contribution in [3.63, 3.8) is 0 Å². The number of rotatable bonds is 5. The lowest BCUT2D eigenvalue weighted by Crippen LogP contribution is -2.47. The fourth-order valence-corrected chi connectivity index (χ4v) is 3.09.